The molecule has 1 heterocycles. The van der Waals surface area contributed by atoms with Gasteiger partial charge in [-0.3, -0.25) is 0 Å². The van der Waals surface area contributed by atoms with Crippen molar-refractivity contribution in [3.63, 3.8) is 0 Å². The second-order valence-corrected chi connectivity index (χ2v) is 8.04. The summed E-state index contributed by atoms with van der Waals surface area (Å²) in [5, 5.41) is 3.12. The molecule has 1 fully saturated rings. The first-order valence-electron chi connectivity index (χ1n) is 8.32. The van der Waals surface area contributed by atoms with Crippen LogP contribution in [0.4, 0.5) is 0 Å². The van der Waals surface area contributed by atoms with Crippen LogP contribution < -0.4 is 5.32 Å². The van der Waals surface area contributed by atoms with Crippen molar-refractivity contribution in [3.05, 3.63) is 29.3 Å². The average Bonchev–Trinajstić information content (AvgIpc) is 2.56. The van der Waals surface area contributed by atoms with Gasteiger partial charge in [0, 0.05) is 13.1 Å². The van der Waals surface area contributed by atoms with E-state index in [0.29, 0.717) is 24.6 Å². The molecule has 1 unspecified atom stereocenters. The number of esters is 1. The van der Waals surface area contributed by atoms with Gasteiger partial charge in [0.1, 0.15) is 0 Å². The molecule has 0 bridgehead atoms. The van der Waals surface area contributed by atoms with Crippen molar-refractivity contribution >= 4 is 28.4 Å². The maximum Gasteiger partial charge on any atom is 0.338 e. The van der Waals surface area contributed by atoms with Gasteiger partial charge >= 0.3 is 5.97 Å². The number of hydrogen-bond donors (Lipinski definition) is 1. The van der Waals surface area contributed by atoms with E-state index in [4.69, 9.17) is 4.74 Å². The molecule has 1 saturated heterocycles. The topological polar surface area (TPSA) is 75.7 Å². The summed E-state index contributed by atoms with van der Waals surface area (Å²) < 4.78 is 32.6. The largest absolute Gasteiger partial charge is 0.462 e. The van der Waals surface area contributed by atoms with Gasteiger partial charge in [-0.05, 0) is 63.9 Å². The molecule has 1 aliphatic rings. The van der Waals surface area contributed by atoms with Crippen LogP contribution in [0.25, 0.3) is 0 Å². The number of halogens is 1. The number of aryl methyl sites for hydroxylation is 1. The van der Waals surface area contributed by atoms with Crippen molar-refractivity contribution in [1.29, 1.82) is 0 Å². The second kappa shape index (κ2) is 9.52. The minimum atomic E-state index is -3.62. The summed E-state index contributed by atoms with van der Waals surface area (Å²) >= 11 is 0. The average molecular weight is 391 g/mol. The smallest absolute Gasteiger partial charge is 0.338 e. The summed E-state index contributed by atoms with van der Waals surface area (Å²) in [5.74, 6) is -0.187. The van der Waals surface area contributed by atoms with E-state index in [-0.39, 0.29) is 29.5 Å². The Morgan fingerprint density at radius 2 is 2.12 bits per heavy atom. The lowest BCUT2D eigenvalue weighted by atomic mass is 10.00. The van der Waals surface area contributed by atoms with Crippen LogP contribution in [0.3, 0.4) is 0 Å². The molecule has 1 aromatic rings. The molecular formula is C17H27ClN2O4S. The van der Waals surface area contributed by atoms with Crippen LogP contribution in [0.1, 0.15) is 35.7 Å². The first-order valence-corrected chi connectivity index (χ1v) is 9.76. The third-order valence-electron chi connectivity index (χ3n) is 4.29. The number of rotatable bonds is 6. The number of ether oxygens (including phenoxy) is 1. The molecule has 25 heavy (non-hydrogen) atoms. The summed E-state index contributed by atoms with van der Waals surface area (Å²) in [6.07, 6.45) is 1.87. The fourth-order valence-electron chi connectivity index (χ4n) is 3.06. The van der Waals surface area contributed by atoms with Crippen molar-refractivity contribution in [3.8, 4) is 0 Å². The van der Waals surface area contributed by atoms with Gasteiger partial charge in [-0.15, -0.1) is 12.4 Å². The first kappa shape index (κ1) is 21.9. The Labute approximate surface area is 156 Å². The van der Waals surface area contributed by atoms with Gasteiger partial charge in [0.15, 0.2) is 0 Å². The number of carbonyl (C=O) groups excluding carboxylic acids is 1. The molecule has 0 amide bonds. The number of benzene rings is 1. The fraction of sp³-hybridized carbons (Fsp3) is 0.588. The van der Waals surface area contributed by atoms with Crippen LogP contribution in [0.15, 0.2) is 23.1 Å². The molecule has 0 spiro atoms. The molecule has 142 valence electrons. The number of carbonyl (C=O) groups is 1. The zero-order chi connectivity index (χ0) is 17.7. The molecule has 0 radical (unpaired) electrons. The van der Waals surface area contributed by atoms with Crippen LogP contribution >= 0.6 is 12.4 Å². The molecule has 6 nitrogen and oxygen atoms in total. The zero-order valence-electron chi connectivity index (χ0n) is 14.9. The van der Waals surface area contributed by atoms with E-state index < -0.39 is 16.0 Å². The summed E-state index contributed by atoms with van der Waals surface area (Å²) in [6, 6.07) is 4.70. The molecule has 0 saturated carbocycles. The molecule has 1 aliphatic heterocycles. The normalized spacial score (nSPS) is 18.4. The van der Waals surface area contributed by atoms with Gasteiger partial charge in [0.2, 0.25) is 10.0 Å². The van der Waals surface area contributed by atoms with Crippen LogP contribution in [0, 0.1) is 12.8 Å². The van der Waals surface area contributed by atoms with Gasteiger partial charge in [0.25, 0.3) is 0 Å². The van der Waals surface area contributed by atoms with E-state index >= 15 is 0 Å². The molecular weight excluding hydrogens is 364 g/mol. The highest BCUT2D eigenvalue weighted by molar-refractivity contribution is 7.89. The fourth-order valence-corrected chi connectivity index (χ4v) is 4.86. The van der Waals surface area contributed by atoms with Crippen molar-refractivity contribution in [2.75, 3.05) is 33.3 Å². The third kappa shape index (κ3) is 5.17. The Hall–Kier alpha value is -1.15. The monoisotopic (exact) mass is 390 g/mol. The number of piperidine rings is 1. The second-order valence-electron chi connectivity index (χ2n) is 6.13. The highest BCUT2D eigenvalue weighted by atomic mass is 35.5. The molecule has 0 aliphatic carbocycles. The van der Waals surface area contributed by atoms with E-state index in [1.165, 1.54) is 10.4 Å². The van der Waals surface area contributed by atoms with Gasteiger partial charge in [0.05, 0.1) is 17.1 Å². The Kier molecular flexibility index (Phi) is 8.34. The molecule has 0 aromatic heterocycles. The van der Waals surface area contributed by atoms with Gasteiger partial charge in [-0.2, -0.15) is 4.31 Å². The minimum Gasteiger partial charge on any atom is -0.462 e. The lowest BCUT2D eigenvalue weighted by molar-refractivity contribution is 0.0526. The molecule has 8 heteroatoms. The van der Waals surface area contributed by atoms with E-state index in [0.717, 1.165) is 19.4 Å². The molecule has 1 N–H and O–H groups in total. The van der Waals surface area contributed by atoms with Crippen molar-refractivity contribution < 1.29 is 17.9 Å². The first-order chi connectivity index (χ1) is 11.4. The lowest BCUT2D eigenvalue weighted by Gasteiger charge is -2.32. The van der Waals surface area contributed by atoms with Gasteiger partial charge in [-0.1, -0.05) is 6.07 Å². The maximum absolute atomic E-state index is 13.0. The van der Waals surface area contributed by atoms with Crippen molar-refractivity contribution in [1.82, 2.24) is 9.62 Å². The minimum absolute atomic E-state index is 0. The van der Waals surface area contributed by atoms with E-state index in [9.17, 15) is 13.2 Å². The third-order valence-corrected chi connectivity index (χ3v) is 6.30. The number of nitrogens with one attached hydrogen (secondary N) is 1. The van der Waals surface area contributed by atoms with Gasteiger partial charge < -0.3 is 10.1 Å². The van der Waals surface area contributed by atoms with Crippen LogP contribution in [-0.4, -0.2) is 52.0 Å². The van der Waals surface area contributed by atoms with Crippen molar-refractivity contribution in [2.24, 2.45) is 5.92 Å². The number of nitrogens with zero attached hydrogens (tertiary/aromatic N) is 1. The summed E-state index contributed by atoms with van der Waals surface area (Å²) in [6.45, 7) is 5.55. The van der Waals surface area contributed by atoms with Crippen LogP contribution in [0.2, 0.25) is 0 Å². The highest BCUT2D eigenvalue weighted by Gasteiger charge is 2.31. The van der Waals surface area contributed by atoms with Gasteiger partial charge in [-0.25, -0.2) is 13.2 Å². The molecule has 1 aromatic carbocycles. The van der Waals surface area contributed by atoms with E-state index in [1.54, 1.807) is 26.0 Å². The SMILES string of the molecule is CCOC(=O)c1ccc(C)c(S(=O)(=O)N2CCCC(CNC)C2)c1.Cl. The standard InChI is InChI=1S/C17H26N2O4S.ClH/c1-4-23-17(20)15-8-7-13(2)16(10-15)24(21,22)19-9-5-6-14(12-19)11-18-3;/h7-8,10,14,18H,4-6,9,11-12H2,1-3H3;1H. The number of hydrogen-bond acceptors (Lipinski definition) is 5. The number of sulfonamides is 1. The van der Waals surface area contributed by atoms with E-state index in [2.05, 4.69) is 5.32 Å². The highest BCUT2D eigenvalue weighted by Crippen LogP contribution is 2.26. The van der Waals surface area contributed by atoms with Crippen LogP contribution in [0.5, 0.6) is 0 Å². The summed E-state index contributed by atoms with van der Waals surface area (Å²) in [7, 11) is -1.74. The summed E-state index contributed by atoms with van der Waals surface area (Å²) in [4.78, 5) is 12.1. The molecule has 1 atom stereocenters. The predicted molar refractivity (Wildman–Crippen MR) is 99.8 cm³/mol. The predicted octanol–water partition coefficient (Wildman–Crippen LogP) is 2.21. The lowest BCUT2D eigenvalue weighted by Crippen LogP contribution is -2.42. The summed E-state index contributed by atoms with van der Waals surface area (Å²) in [5.41, 5.74) is 0.906. The zero-order valence-corrected chi connectivity index (χ0v) is 16.6. The Balaban J connectivity index is 0.00000312. The van der Waals surface area contributed by atoms with E-state index in [1.807, 2.05) is 7.05 Å². The Bertz CT molecular complexity index is 692. The molecule has 2 rings (SSSR count). The van der Waals surface area contributed by atoms with Crippen molar-refractivity contribution in [2.45, 2.75) is 31.6 Å². The Morgan fingerprint density at radius 1 is 1.40 bits per heavy atom. The van der Waals surface area contributed by atoms with Crippen LogP contribution in [-0.2, 0) is 14.8 Å². The maximum atomic E-state index is 13.0. The quantitative estimate of drug-likeness (QED) is 0.753. The Morgan fingerprint density at radius 3 is 2.76 bits per heavy atom.